The highest BCUT2D eigenvalue weighted by molar-refractivity contribution is 6.15. The van der Waals surface area contributed by atoms with Gasteiger partial charge in [0.1, 0.15) is 0 Å². The molecular weight excluding hydrogens is 286 g/mol. The molecule has 0 N–H and O–H groups in total. The van der Waals surface area contributed by atoms with E-state index < -0.39 is 0 Å². The molecule has 124 valence electrons. The summed E-state index contributed by atoms with van der Waals surface area (Å²) in [5.41, 5.74) is 3.02. The van der Waals surface area contributed by atoms with Gasteiger partial charge in [-0.2, -0.15) is 0 Å². The lowest BCUT2D eigenvalue weighted by atomic mass is 9.81. The van der Waals surface area contributed by atoms with Crippen LogP contribution in [0.2, 0.25) is 0 Å². The number of hydrogen-bond acceptors (Lipinski definition) is 2. The van der Waals surface area contributed by atoms with E-state index in [0.29, 0.717) is 12.1 Å². The summed E-state index contributed by atoms with van der Waals surface area (Å²) in [6.45, 7) is 12.9. The van der Waals surface area contributed by atoms with Crippen LogP contribution in [0.1, 0.15) is 52.7 Å². The van der Waals surface area contributed by atoms with Gasteiger partial charge < -0.3 is 0 Å². The van der Waals surface area contributed by atoms with Gasteiger partial charge in [-0.1, -0.05) is 58.9 Å². The molecule has 1 heterocycles. The lowest BCUT2D eigenvalue weighted by Crippen LogP contribution is -2.40. The van der Waals surface area contributed by atoms with Crippen molar-refractivity contribution in [2.24, 2.45) is 5.41 Å². The van der Waals surface area contributed by atoms with Gasteiger partial charge in [0.2, 0.25) is 0 Å². The zero-order valence-corrected chi connectivity index (χ0v) is 15.1. The third-order valence-electron chi connectivity index (χ3n) is 4.25. The van der Waals surface area contributed by atoms with Gasteiger partial charge in [-0.3, -0.25) is 14.5 Å². The van der Waals surface area contributed by atoms with Crippen LogP contribution in [0.25, 0.3) is 0 Å². The van der Waals surface area contributed by atoms with Gasteiger partial charge in [0.05, 0.1) is 0 Å². The van der Waals surface area contributed by atoms with Crippen LogP contribution in [-0.4, -0.2) is 23.3 Å². The fourth-order valence-electron chi connectivity index (χ4n) is 2.97. The van der Waals surface area contributed by atoms with Crippen molar-refractivity contribution in [1.82, 2.24) is 4.90 Å². The second-order valence-corrected chi connectivity index (χ2v) is 8.35. The van der Waals surface area contributed by atoms with Crippen molar-refractivity contribution in [2.45, 2.75) is 53.4 Å². The average molecular weight is 313 g/mol. The summed E-state index contributed by atoms with van der Waals surface area (Å²) in [6.07, 6.45) is 2.26. The molecule has 3 nitrogen and oxygen atoms in total. The van der Waals surface area contributed by atoms with E-state index >= 15 is 0 Å². The molecule has 23 heavy (non-hydrogen) atoms. The molecule has 3 heteroatoms. The third kappa shape index (κ3) is 4.10. The monoisotopic (exact) mass is 313 g/mol. The second kappa shape index (κ2) is 5.95. The molecule has 2 rings (SSSR count). The van der Waals surface area contributed by atoms with Gasteiger partial charge in [0.15, 0.2) is 0 Å². The van der Waals surface area contributed by atoms with Gasteiger partial charge in [0, 0.05) is 18.2 Å². The first kappa shape index (κ1) is 17.5. The molecule has 0 saturated heterocycles. The van der Waals surface area contributed by atoms with Crippen LogP contribution in [0, 0.1) is 5.41 Å². The summed E-state index contributed by atoms with van der Waals surface area (Å²) in [4.78, 5) is 25.4. The Bertz CT molecular complexity index is 662. The fourth-order valence-corrected chi connectivity index (χ4v) is 2.97. The number of nitrogens with zero attached hydrogens (tertiary/aromatic N) is 1. The van der Waals surface area contributed by atoms with E-state index in [0.717, 1.165) is 6.42 Å². The van der Waals surface area contributed by atoms with Crippen LogP contribution in [0.4, 0.5) is 0 Å². The predicted molar refractivity (Wildman–Crippen MR) is 93.1 cm³/mol. The Morgan fingerprint density at radius 2 is 1.70 bits per heavy atom. The minimum Gasteiger partial charge on any atom is -0.275 e. The molecule has 0 saturated carbocycles. The standard InChI is InChI=1S/C20H27NO2/c1-14-10-17(22)21(18(14)23)13-20(5,6)12-15-8-7-9-16(11-15)19(2,3)4/h7-11H,12-13H2,1-6H3. The average Bonchev–Trinajstić information content (AvgIpc) is 2.64. The Morgan fingerprint density at radius 1 is 1.04 bits per heavy atom. The summed E-state index contributed by atoms with van der Waals surface area (Å²) in [6, 6.07) is 8.59. The number of carbonyl (C=O) groups is 2. The lowest BCUT2D eigenvalue weighted by molar-refractivity contribution is -0.138. The summed E-state index contributed by atoms with van der Waals surface area (Å²) < 4.78 is 0. The molecule has 0 aromatic heterocycles. The van der Waals surface area contributed by atoms with Crippen molar-refractivity contribution in [3.63, 3.8) is 0 Å². The number of hydrogen-bond donors (Lipinski definition) is 0. The summed E-state index contributed by atoms with van der Waals surface area (Å²) in [5, 5.41) is 0. The molecule has 0 bridgehead atoms. The molecule has 0 atom stereocenters. The maximum atomic E-state index is 12.1. The first-order valence-corrected chi connectivity index (χ1v) is 8.13. The topological polar surface area (TPSA) is 37.4 Å². The van der Waals surface area contributed by atoms with Crippen LogP contribution < -0.4 is 0 Å². The first-order valence-electron chi connectivity index (χ1n) is 8.13. The van der Waals surface area contributed by atoms with Gasteiger partial charge in [0.25, 0.3) is 11.8 Å². The molecular formula is C20H27NO2. The Balaban J connectivity index is 2.13. The Morgan fingerprint density at radius 3 is 2.22 bits per heavy atom. The lowest BCUT2D eigenvalue weighted by Gasteiger charge is -2.30. The quantitative estimate of drug-likeness (QED) is 0.791. The molecule has 0 fully saturated rings. The number of carbonyl (C=O) groups excluding carboxylic acids is 2. The first-order chi connectivity index (χ1) is 10.5. The van der Waals surface area contributed by atoms with E-state index in [9.17, 15) is 9.59 Å². The smallest absolute Gasteiger partial charge is 0.256 e. The molecule has 2 amide bonds. The van der Waals surface area contributed by atoms with E-state index in [1.807, 2.05) is 0 Å². The SMILES string of the molecule is CC1=CC(=O)N(CC(C)(C)Cc2cccc(C(C)(C)C)c2)C1=O. The molecule has 0 aliphatic carbocycles. The Kier molecular flexibility index (Phi) is 4.52. The summed E-state index contributed by atoms with van der Waals surface area (Å²) >= 11 is 0. The number of rotatable bonds is 4. The highest BCUT2D eigenvalue weighted by Crippen LogP contribution is 2.29. The molecule has 0 spiro atoms. The van der Waals surface area contributed by atoms with Crippen molar-refractivity contribution in [3.8, 4) is 0 Å². The van der Waals surface area contributed by atoms with Crippen molar-refractivity contribution in [1.29, 1.82) is 0 Å². The van der Waals surface area contributed by atoms with Crippen molar-refractivity contribution in [2.75, 3.05) is 6.54 Å². The van der Waals surface area contributed by atoms with Crippen LogP contribution in [-0.2, 0) is 21.4 Å². The van der Waals surface area contributed by atoms with Gasteiger partial charge in [-0.15, -0.1) is 0 Å². The third-order valence-corrected chi connectivity index (χ3v) is 4.25. The van der Waals surface area contributed by atoms with E-state index in [-0.39, 0.29) is 22.6 Å². The number of amides is 2. The maximum Gasteiger partial charge on any atom is 0.256 e. The Labute approximate surface area is 139 Å². The van der Waals surface area contributed by atoms with E-state index in [4.69, 9.17) is 0 Å². The highest BCUT2D eigenvalue weighted by atomic mass is 16.2. The fraction of sp³-hybridized carbons (Fsp3) is 0.500. The normalized spacial score (nSPS) is 16.1. The van der Waals surface area contributed by atoms with Crippen LogP contribution >= 0.6 is 0 Å². The molecule has 1 aromatic carbocycles. The summed E-state index contributed by atoms with van der Waals surface area (Å²) in [5.74, 6) is -0.351. The van der Waals surface area contributed by atoms with Crippen LogP contribution in [0.15, 0.2) is 35.9 Å². The van der Waals surface area contributed by atoms with Gasteiger partial charge in [-0.05, 0) is 35.3 Å². The van der Waals surface area contributed by atoms with E-state index in [1.165, 1.54) is 22.1 Å². The van der Waals surface area contributed by atoms with Crippen LogP contribution in [0.5, 0.6) is 0 Å². The second-order valence-electron chi connectivity index (χ2n) is 8.35. The van der Waals surface area contributed by atoms with Crippen molar-refractivity contribution < 1.29 is 9.59 Å². The maximum absolute atomic E-state index is 12.1. The van der Waals surface area contributed by atoms with Crippen LogP contribution in [0.3, 0.4) is 0 Å². The number of imide groups is 1. The van der Waals surface area contributed by atoms with Crippen molar-refractivity contribution in [3.05, 3.63) is 47.0 Å². The minimum absolute atomic E-state index is 0.113. The van der Waals surface area contributed by atoms with Gasteiger partial charge in [-0.25, -0.2) is 0 Å². The predicted octanol–water partition coefficient (Wildman–Crippen LogP) is 3.87. The molecule has 1 aromatic rings. The minimum atomic E-state index is -0.191. The summed E-state index contributed by atoms with van der Waals surface area (Å²) in [7, 11) is 0. The molecule has 0 unspecified atom stereocenters. The largest absolute Gasteiger partial charge is 0.275 e. The van der Waals surface area contributed by atoms with Gasteiger partial charge >= 0.3 is 0 Å². The molecule has 1 aliphatic rings. The molecule has 1 aliphatic heterocycles. The highest BCUT2D eigenvalue weighted by Gasteiger charge is 2.33. The van der Waals surface area contributed by atoms with Crippen molar-refractivity contribution >= 4 is 11.8 Å². The van der Waals surface area contributed by atoms with E-state index in [2.05, 4.69) is 58.9 Å². The zero-order chi connectivity index (χ0) is 17.4. The zero-order valence-electron chi connectivity index (χ0n) is 15.1. The Hall–Kier alpha value is -1.90. The molecule has 0 radical (unpaired) electrons. The number of benzene rings is 1. The van der Waals surface area contributed by atoms with E-state index in [1.54, 1.807) is 6.92 Å².